The molecule has 0 saturated heterocycles. The minimum Gasteiger partial charge on any atom is -0.264 e. The van der Waals surface area contributed by atoms with E-state index in [0.29, 0.717) is 13.0 Å². The molecule has 5 nitrogen and oxygen atoms in total. The Morgan fingerprint density at radius 2 is 2.05 bits per heavy atom. The van der Waals surface area contributed by atoms with Crippen molar-refractivity contribution in [1.82, 2.24) is 14.7 Å². The summed E-state index contributed by atoms with van der Waals surface area (Å²) in [5.41, 5.74) is 0.972. The first-order valence-corrected chi connectivity index (χ1v) is 7.44. The fourth-order valence-electron chi connectivity index (χ4n) is 1.48. The average Bonchev–Trinajstić information content (AvgIpc) is 2.40. The molecule has 0 bridgehead atoms. The van der Waals surface area contributed by atoms with Gasteiger partial charge in [0.2, 0.25) is 10.0 Å². The largest absolute Gasteiger partial charge is 0.264 e. The molecule has 0 aromatic carbocycles. The number of pyridine rings is 2. The van der Waals surface area contributed by atoms with E-state index in [1.165, 1.54) is 18.3 Å². The van der Waals surface area contributed by atoms with Gasteiger partial charge in [0.05, 0.1) is 0 Å². The lowest BCUT2D eigenvalue weighted by atomic mass is 10.2. The van der Waals surface area contributed by atoms with Crippen molar-refractivity contribution in [3.8, 4) is 0 Å². The number of hydrogen-bond acceptors (Lipinski definition) is 4. The summed E-state index contributed by atoms with van der Waals surface area (Å²) in [6.07, 6.45) is 5.19. The molecule has 0 spiro atoms. The van der Waals surface area contributed by atoms with Crippen LogP contribution in [-0.4, -0.2) is 24.9 Å². The summed E-state index contributed by atoms with van der Waals surface area (Å²) in [4.78, 5) is 7.81. The van der Waals surface area contributed by atoms with Gasteiger partial charge < -0.3 is 0 Å². The Morgan fingerprint density at radius 3 is 2.68 bits per heavy atom. The molecule has 2 heterocycles. The monoisotopic (exact) mass is 297 g/mol. The highest BCUT2D eigenvalue weighted by atomic mass is 35.5. The van der Waals surface area contributed by atoms with Gasteiger partial charge in [0.25, 0.3) is 0 Å². The Labute approximate surface area is 116 Å². The summed E-state index contributed by atoms with van der Waals surface area (Å²) in [7, 11) is -3.54. The number of halogens is 1. The van der Waals surface area contributed by atoms with Crippen LogP contribution < -0.4 is 4.72 Å². The quantitative estimate of drug-likeness (QED) is 0.852. The van der Waals surface area contributed by atoms with E-state index in [0.717, 1.165) is 5.56 Å². The van der Waals surface area contributed by atoms with Gasteiger partial charge in [0, 0.05) is 25.1 Å². The Morgan fingerprint density at radius 1 is 1.21 bits per heavy atom. The summed E-state index contributed by atoms with van der Waals surface area (Å²) in [5, 5.41) is 0.259. The van der Waals surface area contributed by atoms with Crippen molar-refractivity contribution in [2.45, 2.75) is 11.3 Å². The van der Waals surface area contributed by atoms with Crippen LogP contribution in [0.15, 0.2) is 47.8 Å². The molecular formula is C12H12ClN3O2S. The molecule has 0 radical (unpaired) electrons. The van der Waals surface area contributed by atoms with Gasteiger partial charge >= 0.3 is 0 Å². The van der Waals surface area contributed by atoms with Gasteiger partial charge in [-0.15, -0.1) is 0 Å². The zero-order valence-corrected chi connectivity index (χ0v) is 11.5. The normalized spacial score (nSPS) is 11.4. The standard InChI is InChI=1S/C12H12ClN3O2S/c13-12-4-3-11(9-15-12)19(17,18)16-7-5-10-2-1-6-14-8-10/h1-4,6,8-9,16H,5,7H2. The molecule has 19 heavy (non-hydrogen) atoms. The van der Waals surface area contributed by atoms with Crippen LogP contribution in [0.3, 0.4) is 0 Å². The maximum absolute atomic E-state index is 11.9. The maximum atomic E-state index is 11.9. The Bertz CT molecular complexity index is 630. The van der Waals surface area contributed by atoms with Gasteiger partial charge in [-0.1, -0.05) is 17.7 Å². The van der Waals surface area contributed by atoms with Gasteiger partial charge in [-0.3, -0.25) is 4.98 Å². The van der Waals surface area contributed by atoms with Crippen LogP contribution in [0.4, 0.5) is 0 Å². The molecule has 2 rings (SSSR count). The molecule has 2 aromatic heterocycles. The third kappa shape index (κ3) is 3.99. The first-order chi connectivity index (χ1) is 9.08. The fourth-order valence-corrected chi connectivity index (χ4v) is 2.57. The highest BCUT2D eigenvalue weighted by molar-refractivity contribution is 7.89. The second-order valence-electron chi connectivity index (χ2n) is 3.83. The van der Waals surface area contributed by atoms with Crippen molar-refractivity contribution in [3.05, 3.63) is 53.6 Å². The molecule has 0 aliphatic rings. The lowest BCUT2D eigenvalue weighted by molar-refractivity contribution is 0.581. The summed E-state index contributed by atoms with van der Waals surface area (Å²) in [6.45, 7) is 0.302. The van der Waals surface area contributed by atoms with Crippen molar-refractivity contribution in [3.63, 3.8) is 0 Å². The van der Waals surface area contributed by atoms with Gasteiger partial charge in [-0.05, 0) is 30.2 Å². The molecule has 0 aliphatic carbocycles. The van der Waals surface area contributed by atoms with Crippen LogP contribution in [0.5, 0.6) is 0 Å². The van der Waals surface area contributed by atoms with Gasteiger partial charge in [-0.2, -0.15) is 0 Å². The van der Waals surface area contributed by atoms with Gasteiger partial charge in [-0.25, -0.2) is 18.1 Å². The molecule has 1 N–H and O–H groups in total. The number of nitrogens with zero attached hydrogens (tertiary/aromatic N) is 2. The van der Waals surface area contributed by atoms with E-state index in [1.54, 1.807) is 12.4 Å². The van der Waals surface area contributed by atoms with Crippen LogP contribution >= 0.6 is 11.6 Å². The molecule has 0 aliphatic heterocycles. The molecule has 0 fully saturated rings. The van der Waals surface area contributed by atoms with Crippen molar-refractivity contribution >= 4 is 21.6 Å². The van der Waals surface area contributed by atoms with Crippen LogP contribution in [-0.2, 0) is 16.4 Å². The number of rotatable bonds is 5. The van der Waals surface area contributed by atoms with E-state index in [-0.39, 0.29) is 10.0 Å². The molecule has 100 valence electrons. The van der Waals surface area contributed by atoms with Crippen LogP contribution in [0, 0.1) is 0 Å². The number of hydrogen-bond donors (Lipinski definition) is 1. The molecule has 0 amide bonds. The topological polar surface area (TPSA) is 72.0 Å². The first kappa shape index (κ1) is 13.9. The summed E-state index contributed by atoms with van der Waals surface area (Å²) in [6, 6.07) is 6.57. The zero-order chi connectivity index (χ0) is 13.7. The SMILES string of the molecule is O=S(=O)(NCCc1cccnc1)c1ccc(Cl)nc1. The van der Waals surface area contributed by atoms with Crippen LogP contribution in [0.25, 0.3) is 0 Å². The predicted octanol–water partition coefficient (Wildman–Crippen LogP) is 1.65. The van der Waals surface area contributed by atoms with E-state index in [1.807, 2.05) is 12.1 Å². The molecule has 0 unspecified atom stereocenters. The minimum atomic E-state index is -3.54. The Hall–Kier alpha value is -1.50. The molecular weight excluding hydrogens is 286 g/mol. The molecule has 0 saturated carbocycles. The Kier molecular flexibility index (Phi) is 4.47. The molecule has 0 atom stereocenters. The summed E-state index contributed by atoms with van der Waals surface area (Å²) >= 11 is 5.61. The van der Waals surface area contributed by atoms with Crippen molar-refractivity contribution < 1.29 is 8.42 Å². The third-order valence-corrected chi connectivity index (χ3v) is 4.11. The van der Waals surface area contributed by atoms with E-state index in [4.69, 9.17) is 11.6 Å². The smallest absolute Gasteiger partial charge is 0.242 e. The van der Waals surface area contributed by atoms with E-state index < -0.39 is 10.0 Å². The van der Waals surface area contributed by atoms with Crippen molar-refractivity contribution in [2.24, 2.45) is 0 Å². The zero-order valence-electron chi connectivity index (χ0n) is 9.95. The highest BCUT2D eigenvalue weighted by Gasteiger charge is 2.13. The molecule has 7 heteroatoms. The third-order valence-electron chi connectivity index (χ3n) is 2.44. The lowest BCUT2D eigenvalue weighted by Crippen LogP contribution is -2.26. The fraction of sp³-hybridized carbons (Fsp3) is 0.167. The minimum absolute atomic E-state index is 0.100. The van der Waals surface area contributed by atoms with Crippen molar-refractivity contribution in [1.29, 1.82) is 0 Å². The second-order valence-corrected chi connectivity index (χ2v) is 5.98. The summed E-state index contributed by atoms with van der Waals surface area (Å²) in [5.74, 6) is 0. The first-order valence-electron chi connectivity index (χ1n) is 5.58. The van der Waals surface area contributed by atoms with Crippen LogP contribution in [0.2, 0.25) is 5.15 Å². The molecule has 2 aromatic rings. The average molecular weight is 298 g/mol. The lowest BCUT2D eigenvalue weighted by Gasteiger charge is -2.06. The summed E-state index contributed by atoms with van der Waals surface area (Å²) < 4.78 is 26.4. The van der Waals surface area contributed by atoms with Gasteiger partial charge in [0.15, 0.2) is 0 Å². The number of sulfonamides is 1. The Balaban J connectivity index is 1.97. The predicted molar refractivity (Wildman–Crippen MR) is 72.4 cm³/mol. The highest BCUT2D eigenvalue weighted by Crippen LogP contribution is 2.10. The van der Waals surface area contributed by atoms with E-state index in [9.17, 15) is 8.42 Å². The van der Waals surface area contributed by atoms with Crippen LogP contribution in [0.1, 0.15) is 5.56 Å². The number of nitrogens with one attached hydrogen (secondary N) is 1. The van der Waals surface area contributed by atoms with Crippen molar-refractivity contribution in [2.75, 3.05) is 6.54 Å². The number of aromatic nitrogens is 2. The van der Waals surface area contributed by atoms with E-state index in [2.05, 4.69) is 14.7 Å². The van der Waals surface area contributed by atoms with Gasteiger partial charge in [0.1, 0.15) is 10.0 Å². The second kappa shape index (κ2) is 6.10. The van der Waals surface area contributed by atoms with E-state index >= 15 is 0 Å². The maximum Gasteiger partial charge on any atom is 0.242 e.